The molecule has 2 aromatic rings. The van der Waals surface area contributed by atoms with Crippen LogP contribution in [0.1, 0.15) is 13.3 Å². The smallest absolute Gasteiger partial charge is 0.308 e. The molecule has 0 spiro atoms. The summed E-state index contributed by atoms with van der Waals surface area (Å²) in [7, 11) is 0. The quantitative estimate of drug-likeness (QED) is 0.834. The van der Waals surface area contributed by atoms with Gasteiger partial charge in [0.2, 0.25) is 5.91 Å². The van der Waals surface area contributed by atoms with Gasteiger partial charge in [-0.2, -0.15) is 18.3 Å². The van der Waals surface area contributed by atoms with Crippen LogP contribution >= 0.6 is 11.6 Å². The molecule has 0 atom stereocenters. The van der Waals surface area contributed by atoms with Crippen molar-refractivity contribution in [1.82, 2.24) is 14.8 Å². The van der Waals surface area contributed by atoms with E-state index in [2.05, 4.69) is 10.1 Å². The van der Waals surface area contributed by atoms with Gasteiger partial charge < -0.3 is 4.90 Å². The Balaban J connectivity index is 2.21. The number of nitrogens with zero attached hydrogens (tertiary/aromatic N) is 4. The fraction of sp³-hybridized carbons (Fsp3) is 0.286. The number of alkyl halides is 3. The molecule has 1 amide bonds. The highest BCUT2D eigenvalue weighted by molar-refractivity contribution is 6.32. The van der Waals surface area contributed by atoms with Crippen molar-refractivity contribution >= 4 is 23.2 Å². The molecular weight excluding hydrogens is 333 g/mol. The maximum atomic E-state index is 12.2. The summed E-state index contributed by atoms with van der Waals surface area (Å²) in [6.45, 7) is 1.81. The lowest BCUT2D eigenvalue weighted by molar-refractivity contribution is -0.123. The van der Waals surface area contributed by atoms with Crippen LogP contribution in [0.3, 0.4) is 0 Å². The SMILES string of the molecule is CCN(C(=O)C[CH]C(F)(F)F)c1cn(-c2cccnc2)nc1Cl. The molecule has 5 nitrogen and oxygen atoms in total. The molecule has 9 heteroatoms. The molecule has 123 valence electrons. The lowest BCUT2D eigenvalue weighted by Gasteiger charge is -2.19. The van der Waals surface area contributed by atoms with Gasteiger partial charge in [0.05, 0.1) is 24.5 Å². The molecule has 0 unspecified atom stereocenters. The van der Waals surface area contributed by atoms with E-state index in [4.69, 9.17) is 11.6 Å². The maximum absolute atomic E-state index is 12.2. The van der Waals surface area contributed by atoms with E-state index in [1.807, 2.05) is 0 Å². The van der Waals surface area contributed by atoms with E-state index in [9.17, 15) is 18.0 Å². The number of aromatic nitrogens is 3. The zero-order chi connectivity index (χ0) is 17.0. The molecule has 2 rings (SSSR count). The third kappa shape index (κ3) is 4.44. The molecule has 2 aromatic heterocycles. The van der Waals surface area contributed by atoms with E-state index < -0.39 is 18.5 Å². The molecule has 2 heterocycles. The van der Waals surface area contributed by atoms with Crippen LogP contribution in [0.2, 0.25) is 5.15 Å². The highest BCUT2D eigenvalue weighted by Crippen LogP contribution is 2.28. The Morgan fingerprint density at radius 2 is 2.22 bits per heavy atom. The minimum absolute atomic E-state index is 0.0113. The lowest BCUT2D eigenvalue weighted by atomic mass is 10.2. The predicted molar refractivity (Wildman–Crippen MR) is 79.4 cm³/mol. The number of amides is 1. The number of hydrogen-bond donors (Lipinski definition) is 0. The fourth-order valence-corrected chi connectivity index (χ4v) is 2.17. The van der Waals surface area contributed by atoms with E-state index in [-0.39, 0.29) is 23.8 Å². The van der Waals surface area contributed by atoms with Crippen LogP contribution in [-0.2, 0) is 4.79 Å². The number of carbonyl (C=O) groups excluding carboxylic acids is 1. The summed E-state index contributed by atoms with van der Waals surface area (Å²) in [5.74, 6) is -0.711. The van der Waals surface area contributed by atoms with Crippen molar-refractivity contribution in [2.24, 2.45) is 0 Å². The molecular formula is C14H13ClF3N4O. The monoisotopic (exact) mass is 345 g/mol. The van der Waals surface area contributed by atoms with Crippen molar-refractivity contribution in [2.45, 2.75) is 19.5 Å². The lowest BCUT2D eigenvalue weighted by Crippen LogP contribution is -2.31. The molecule has 0 saturated carbocycles. The van der Waals surface area contributed by atoms with Gasteiger partial charge in [-0.1, -0.05) is 11.6 Å². The van der Waals surface area contributed by atoms with Crippen molar-refractivity contribution in [1.29, 1.82) is 0 Å². The number of hydrogen-bond acceptors (Lipinski definition) is 3. The summed E-state index contributed by atoms with van der Waals surface area (Å²) >= 11 is 6.02. The molecule has 0 aliphatic heterocycles. The average Bonchev–Trinajstić information content (AvgIpc) is 2.88. The Morgan fingerprint density at radius 3 is 2.78 bits per heavy atom. The largest absolute Gasteiger partial charge is 0.392 e. The van der Waals surface area contributed by atoms with Gasteiger partial charge in [0.1, 0.15) is 5.69 Å². The Hall–Kier alpha value is -2.09. The Bertz CT molecular complexity index is 672. The van der Waals surface area contributed by atoms with Gasteiger partial charge in [-0.05, 0) is 19.1 Å². The van der Waals surface area contributed by atoms with Gasteiger partial charge in [0.25, 0.3) is 0 Å². The normalized spacial score (nSPS) is 11.5. The Labute approximate surface area is 135 Å². The number of pyridine rings is 1. The topological polar surface area (TPSA) is 51.0 Å². The second kappa shape index (κ2) is 6.99. The Morgan fingerprint density at radius 1 is 1.48 bits per heavy atom. The number of halogens is 4. The first-order valence-corrected chi connectivity index (χ1v) is 7.06. The molecule has 0 saturated heterocycles. The van der Waals surface area contributed by atoms with E-state index in [1.54, 1.807) is 31.5 Å². The van der Waals surface area contributed by atoms with Crippen LogP contribution in [-0.4, -0.2) is 33.4 Å². The van der Waals surface area contributed by atoms with Gasteiger partial charge in [0, 0.05) is 19.2 Å². The van der Waals surface area contributed by atoms with Crippen molar-refractivity contribution in [3.05, 3.63) is 42.3 Å². The third-order valence-corrected chi connectivity index (χ3v) is 3.25. The highest BCUT2D eigenvalue weighted by Gasteiger charge is 2.30. The van der Waals surface area contributed by atoms with E-state index in [1.165, 1.54) is 10.9 Å². The van der Waals surface area contributed by atoms with Crippen LogP contribution in [0.5, 0.6) is 0 Å². The first-order chi connectivity index (χ1) is 10.8. The van der Waals surface area contributed by atoms with Crippen molar-refractivity contribution in [3.63, 3.8) is 0 Å². The second-order valence-corrected chi connectivity index (χ2v) is 4.91. The third-order valence-electron chi connectivity index (χ3n) is 2.98. The Kier molecular flexibility index (Phi) is 5.25. The van der Waals surface area contributed by atoms with Crippen molar-refractivity contribution in [3.8, 4) is 5.69 Å². The number of rotatable bonds is 5. The molecule has 0 aliphatic rings. The summed E-state index contributed by atoms with van der Waals surface area (Å²) in [5, 5.41) is 4.08. The van der Waals surface area contributed by atoms with E-state index >= 15 is 0 Å². The number of carbonyl (C=O) groups is 1. The molecule has 0 bridgehead atoms. The fourth-order valence-electron chi connectivity index (χ4n) is 1.94. The molecule has 1 radical (unpaired) electrons. The summed E-state index contributed by atoms with van der Waals surface area (Å²) in [4.78, 5) is 17.1. The molecule has 0 aromatic carbocycles. The van der Waals surface area contributed by atoms with Crippen LogP contribution in [0.4, 0.5) is 18.9 Å². The van der Waals surface area contributed by atoms with Crippen LogP contribution in [0.25, 0.3) is 5.69 Å². The molecule has 0 fully saturated rings. The first kappa shape index (κ1) is 17.3. The van der Waals surface area contributed by atoms with E-state index in [0.29, 0.717) is 5.69 Å². The van der Waals surface area contributed by atoms with Crippen LogP contribution < -0.4 is 4.90 Å². The summed E-state index contributed by atoms with van der Waals surface area (Å²) in [6, 6.07) is 3.43. The summed E-state index contributed by atoms with van der Waals surface area (Å²) < 4.78 is 38.1. The summed E-state index contributed by atoms with van der Waals surface area (Å²) in [5.41, 5.74) is 0.865. The first-order valence-electron chi connectivity index (χ1n) is 6.69. The molecule has 23 heavy (non-hydrogen) atoms. The van der Waals surface area contributed by atoms with Crippen LogP contribution in [0.15, 0.2) is 30.7 Å². The minimum Gasteiger partial charge on any atom is -0.308 e. The maximum Gasteiger partial charge on any atom is 0.392 e. The molecule has 0 N–H and O–H groups in total. The van der Waals surface area contributed by atoms with E-state index in [0.717, 1.165) is 4.90 Å². The molecule has 0 aliphatic carbocycles. The van der Waals surface area contributed by atoms with Crippen LogP contribution in [0, 0.1) is 6.42 Å². The van der Waals surface area contributed by atoms with Gasteiger partial charge in [0.15, 0.2) is 5.15 Å². The zero-order valence-corrected chi connectivity index (χ0v) is 12.8. The zero-order valence-electron chi connectivity index (χ0n) is 12.1. The minimum atomic E-state index is -4.50. The highest BCUT2D eigenvalue weighted by atomic mass is 35.5. The number of anilines is 1. The standard InChI is InChI=1S/C14H13ClF3N4O/c1-2-21(12(23)5-6-14(16,17)18)11-9-22(20-13(11)15)10-4-3-7-19-8-10/h3-4,6-9H,2,5H2,1H3. The van der Waals surface area contributed by atoms with Gasteiger partial charge in [-0.3, -0.25) is 9.78 Å². The van der Waals surface area contributed by atoms with Crippen molar-refractivity contribution in [2.75, 3.05) is 11.4 Å². The summed E-state index contributed by atoms with van der Waals surface area (Å²) in [6.07, 6.45) is -0.636. The van der Waals surface area contributed by atoms with Crippen molar-refractivity contribution < 1.29 is 18.0 Å². The van der Waals surface area contributed by atoms with Gasteiger partial charge in [-0.15, -0.1) is 0 Å². The average molecular weight is 346 g/mol. The van der Waals surface area contributed by atoms with Gasteiger partial charge >= 0.3 is 6.18 Å². The van der Waals surface area contributed by atoms with Gasteiger partial charge in [-0.25, -0.2) is 4.68 Å². The second-order valence-electron chi connectivity index (χ2n) is 4.55. The predicted octanol–water partition coefficient (Wildman–Crippen LogP) is 3.43.